The van der Waals surface area contributed by atoms with E-state index < -0.39 is 0 Å². The molecule has 0 nitrogen and oxygen atoms in total. The summed E-state index contributed by atoms with van der Waals surface area (Å²) in [5.41, 5.74) is 0. The predicted octanol–water partition coefficient (Wildman–Crippen LogP) is 4.34. The molecule has 1 aliphatic carbocycles. The molecular formula is C14H18. The van der Waals surface area contributed by atoms with Crippen LogP contribution in [-0.4, -0.2) is 0 Å². The molecule has 0 amide bonds. The second-order valence-electron chi connectivity index (χ2n) is 3.26. The monoisotopic (exact) mass is 186 g/mol. The van der Waals surface area contributed by atoms with Crippen LogP contribution in [-0.2, 0) is 0 Å². The summed E-state index contributed by atoms with van der Waals surface area (Å²) < 4.78 is 0. The third kappa shape index (κ3) is 6.24. The van der Waals surface area contributed by atoms with Crippen molar-refractivity contribution in [1.82, 2.24) is 0 Å². The molecule has 0 N–H and O–H groups in total. The minimum atomic E-state index is 1.01. The largest absolute Gasteiger partial charge is 0.0845 e. The van der Waals surface area contributed by atoms with Crippen LogP contribution in [0.4, 0.5) is 0 Å². The molecule has 0 unspecified atom stereocenters. The molecule has 0 aliphatic heterocycles. The summed E-state index contributed by atoms with van der Waals surface area (Å²) in [6, 6.07) is 0. The van der Waals surface area contributed by atoms with Crippen molar-refractivity contribution < 1.29 is 0 Å². The van der Waals surface area contributed by atoms with Crippen LogP contribution < -0.4 is 0 Å². The van der Waals surface area contributed by atoms with Crippen molar-refractivity contribution in [2.24, 2.45) is 0 Å². The molecule has 0 heteroatoms. The minimum absolute atomic E-state index is 1.01. The Bertz CT molecular complexity index is 262. The fourth-order valence-corrected chi connectivity index (χ4v) is 1.22. The standard InChI is InChI=1S/C14H18/c1-2-4-6-8-10-12-14-13-11-9-7-5-3-1/h1-6,9,11,13-14H,7-8,10,12H2. The molecule has 1 rings (SSSR count). The molecule has 0 atom stereocenters. The van der Waals surface area contributed by atoms with Gasteiger partial charge >= 0.3 is 0 Å². The molecule has 0 aromatic rings. The quantitative estimate of drug-likeness (QED) is 0.528. The second-order valence-corrected chi connectivity index (χ2v) is 3.26. The summed E-state index contributed by atoms with van der Waals surface area (Å²) >= 11 is 0. The highest BCUT2D eigenvalue weighted by molar-refractivity contribution is 5.13. The highest BCUT2D eigenvalue weighted by Gasteiger charge is 1.79. The van der Waals surface area contributed by atoms with Crippen molar-refractivity contribution in [3.8, 4) is 0 Å². The zero-order chi connectivity index (χ0) is 9.90. The minimum Gasteiger partial charge on any atom is -0.0845 e. The lowest BCUT2D eigenvalue weighted by molar-refractivity contribution is 0.868. The van der Waals surface area contributed by atoms with Gasteiger partial charge in [0.05, 0.1) is 0 Å². The molecule has 0 radical (unpaired) electrons. The fourth-order valence-electron chi connectivity index (χ4n) is 1.22. The highest BCUT2D eigenvalue weighted by atomic mass is 13.9. The van der Waals surface area contributed by atoms with Gasteiger partial charge in [-0.05, 0) is 25.7 Å². The van der Waals surface area contributed by atoms with Gasteiger partial charge in [-0.1, -0.05) is 60.8 Å². The van der Waals surface area contributed by atoms with Crippen LogP contribution in [0.25, 0.3) is 0 Å². The van der Waals surface area contributed by atoms with E-state index in [1.165, 1.54) is 19.3 Å². The Morgan fingerprint density at radius 3 is 1.71 bits per heavy atom. The molecule has 0 fully saturated rings. The van der Waals surface area contributed by atoms with Gasteiger partial charge in [-0.2, -0.15) is 0 Å². The Morgan fingerprint density at radius 1 is 0.500 bits per heavy atom. The Morgan fingerprint density at radius 2 is 1.00 bits per heavy atom. The molecule has 14 heavy (non-hydrogen) atoms. The predicted molar refractivity (Wildman–Crippen MR) is 64.2 cm³/mol. The third-order valence-electron chi connectivity index (χ3n) is 2.00. The van der Waals surface area contributed by atoms with Crippen molar-refractivity contribution in [2.75, 3.05) is 0 Å². The van der Waals surface area contributed by atoms with Crippen molar-refractivity contribution >= 4 is 0 Å². The maximum atomic E-state index is 2.23. The van der Waals surface area contributed by atoms with Crippen LogP contribution in [0.5, 0.6) is 0 Å². The molecule has 0 spiro atoms. The summed E-state index contributed by atoms with van der Waals surface area (Å²) in [6.07, 6.45) is 26.0. The van der Waals surface area contributed by atoms with Crippen molar-refractivity contribution in [3.05, 3.63) is 60.8 Å². The first-order valence-corrected chi connectivity index (χ1v) is 5.30. The van der Waals surface area contributed by atoms with E-state index in [1.54, 1.807) is 0 Å². The number of rotatable bonds is 0. The highest BCUT2D eigenvalue weighted by Crippen LogP contribution is 1.99. The van der Waals surface area contributed by atoms with Crippen molar-refractivity contribution in [2.45, 2.75) is 25.7 Å². The van der Waals surface area contributed by atoms with Gasteiger partial charge < -0.3 is 0 Å². The van der Waals surface area contributed by atoms with Gasteiger partial charge in [0.25, 0.3) is 0 Å². The van der Waals surface area contributed by atoms with Crippen LogP contribution in [0.3, 0.4) is 0 Å². The molecule has 0 bridgehead atoms. The Balaban J connectivity index is 2.45. The first-order valence-electron chi connectivity index (χ1n) is 5.30. The summed E-state index contributed by atoms with van der Waals surface area (Å²) in [7, 11) is 0. The van der Waals surface area contributed by atoms with Gasteiger partial charge in [-0.3, -0.25) is 0 Å². The van der Waals surface area contributed by atoms with E-state index in [4.69, 9.17) is 0 Å². The Kier molecular flexibility index (Phi) is 6.39. The second kappa shape index (κ2) is 8.31. The van der Waals surface area contributed by atoms with Crippen LogP contribution in [0.15, 0.2) is 60.8 Å². The van der Waals surface area contributed by atoms with Crippen LogP contribution in [0.2, 0.25) is 0 Å². The van der Waals surface area contributed by atoms with E-state index in [-0.39, 0.29) is 0 Å². The molecule has 0 saturated heterocycles. The lowest BCUT2D eigenvalue weighted by Gasteiger charge is -1.89. The van der Waals surface area contributed by atoms with E-state index in [0.29, 0.717) is 0 Å². The Labute approximate surface area is 87.0 Å². The summed E-state index contributed by atoms with van der Waals surface area (Å²) in [6.45, 7) is 0. The molecule has 0 saturated carbocycles. The van der Waals surface area contributed by atoms with Gasteiger partial charge in [-0.25, -0.2) is 0 Å². The van der Waals surface area contributed by atoms with E-state index in [0.717, 1.165) is 6.42 Å². The zero-order valence-electron chi connectivity index (χ0n) is 8.60. The molecular weight excluding hydrogens is 168 g/mol. The third-order valence-corrected chi connectivity index (χ3v) is 2.00. The summed E-state index contributed by atoms with van der Waals surface area (Å²) in [4.78, 5) is 0. The van der Waals surface area contributed by atoms with E-state index >= 15 is 0 Å². The topological polar surface area (TPSA) is 0 Å². The Hall–Kier alpha value is -1.30. The smallest absolute Gasteiger partial charge is 0.0163 e. The molecule has 1 aliphatic rings. The van der Waals surface area contributed by atoms with E-state index in [2.05, 4.69) is 60.8 Å². The SMILES string of the molecule is C1=CC=CCCCC=CC=CCC=C1. The van der Waals surface area contributed by atoms with E-state index in [9.17, 15) is 0 Å². The normalized spacial score (nSPS) is 18.3. The van der Waals surface area contributed by atoms with Gasteiger partial charge in [0, 0.05) is 0 Å². The zero-order valence-corrected chi connectivity index (χ0v) is 8.60. The number of hydrogen-bond acceptors (Lipinski definition) is 0. The van der Waals surface area contributed by atoms with Crippen molar-refractivity contribution in [1.29, 1.82) is 0 Å². The van der Waals surface area contributed by atoms with Crippen LogP contribution in [0, 0.1) is 0 Å². The molecule has 0 heterocycles. The summed E-state index contributed by atoms with van der Waals surface area (Å²) in [5.74, 6) is 0. The fraction of sp³-hybridized carbons (Fsp3) is 0.286. The van der Waals surface area contributed by atoms with Gasteiger partial charge in [-0.15, -0.1) is 0 Å². The maximum Gasteiger partial charge on any atom is -0.0163 e. The van der Waals surface area contributed by atoms with Gasteiger partial charge in [0.2, 0.25) is 0 Å². The first-order chi connectivity index (χ1) is 7.00. The average molecular weight is 186 g/mol. The molecule has 0 aromatic heterocycles. The van der Waals surface area contributed by atoms with Gasteiger partial charge in [0.15, 0.2) is 0 Å². The maximum absolute atomic E-state index is 2.23. The first kappa shape index (κ1) is 10.8. The molecule has 0 aromatic carbocycles. The summed E-state index contributed by atoms with van der Waals surface area (Å²) in [5, 5.41) is 0. The number of allylic oxidation sites excluding steroid dienone is 10. The van der Waals surface area contributed by atoms with Crippen LogP contribution in [0.1, 0.15) is 25.7 Å². The van der Waals surface area contributed by atoms with Crippen LogP contribution >= 0.6 is 0 Å². The number of hydrogen-bond donors (Lipinski definition) is 0. The lowest BCUT2D eigenvalue weighted by Crippen LogP contribution is -1.68. The van der Waals surface area contributed by atoms with Gasteiger partial charge in [0.1, 0.15) is 0 Å². The lowest BCUT2D eigenvalue weighted by atomic mass is 10.2. The average Bonchev–Trinajstić information content (AvgIpc) is 2.22. The van der Waals surface area contributed by atoms with E-state index in [1.807, 2.05) is 0 Å². The van der Waals surface area contributed by atoms with Crippen molar-refractivity contribution in [3.63, 3.8) is 0 Å². The molecule has 74 valence electrons.